The molecule has 0 saturated carbocycles. The molecular formula is C9H14N6O6S. The summed E-state index contributed by atoms with van der Waals surface area (Å²) >= 11 is 0. The number of carbonyl (C=O) groups excluding carboxylic acids is 2. The molecule has 122 valence electrons. The van der Waals surface area contributed by atoms with Gasteiger partial charge in [-0.25, -0.2) is 31.3 Å². The molecule has 0 unspecified atom stereocenters. The smallest absolute Gasteiger partial charge is 0.333 e. The largest absolute Gasteiger partial charge is 0.494 e. The van der Waals surface area contributed by atoms with Gasteiger partial charge in [-0.1, -0.05) is 0 Å². The summed E-state index contributed by atoms with van der Waals surface area (Å²) in [6.07, 6.45) is 0. The number of nitrogens with two attached hydrogens (primary N) is 4. The second-order valence-corrected chi connectivity index (χ2v) is 5.27. The van der Waals surface area contributed by atoms with Gasteiger partial charge in [0.05, 0.1) is 12.8 Å². The van der Waals surface area contributed by atoms with Gasteiger partial charge in [-0.2, -0.15) is 8.42 Å². The van der Waals surface area contributed by atoms with Gasteiger partial charge >= 0.3 is 12.1 Å². The van der Waals surface area contributed by atoms with Crippen molar-refractivity contribution in [2.75, 3.05) is 17.1 Å². The van der Waals surface area contributed by atoms with Crippen molar-refractivity contribution in [3.8, 4) is 5.75 Å². The molecule has 13 heteroatoms. The van der Waals surface area contributed by atoms with Crippen LogP contribution in [0.5, 0.6) is 5.75 Å². The highest BCUT2D eigenvalue weighted by molar-refractivity contribution is 7.86. The number of amides is 4. The number of anilines is 2. The number of hydrogen-bond donors (Lipinski definition) is 5. The number of methoxy groups -OCH3 is 1. The van der Waals surface area contributed by atoms with E-state index in [1.165, 1.54) is 0 Å². The first-order valence-corrected chi connectivity index (χ1v) is 6.82. The second kappa shape index (κ2) is 6.02. The first-order valence-electron chi connectivity index (χ1n) is 5.38. The van der Waals surface area contributed by atoms with Crippen molar-refractivity contribution in [3.05, 3.63) is 12.1 Å². The normalized spacial score (nSPS) is 10.9. The molecule has 0 aliphatic rings. The van der Waals surface area contributed by atoms with E-state index in [0.29, 0.717) is 5.01 Å². The molecule has 0 fully saturated rings. The van der Waals surface area contributed by atoms with Gasteiger partial charge < -0.3 is 16.2 Å². The number of urea groups is 2. The Balaban J connectivity index is 3.75. The van der Waals surface area contributed by atoms with Crippen LogP contribution < -0.4 is 37.9 Å². The number of primary amides is 2. The summed E-state index contributed by atoms with van der Waals surface area (Å²) in [4.78, 5) is 21.5. The molecule has 0 bridgehead atoms. The molecule has 1 aromatic rings. The van der Waals surface area contributed by atoms with E-state index >= 15 is 0 Å². The van der Waals surface area contributed by atoms with Crippen LogP contribution >= 0.6 is 0 Å². The number of hydrazine groups is 2. The lowest BCUT2D eigenvalue weighted by atomic mass is 10.2. The van der Waals surface area contributed by atoms with E-state index in [0.717, 1.165) is 19.2 Å². The Kier molecular flexibility index (Phi) is 4.77. The fraction of sp³-hybridized carbons (Fsp3) is 0.111. The Labute approximate surface area is 124 Å². The summed E-state index contributed by atoms with van der Waals surface area (Å²) in [5.41, 5.74) is 9.21. The second-order valence-electron chi connectivity index (χ2n) is 3.88. The summed E-state index contributed by atoms with van der Waals surface area (Å²) in [5.74, 6) is 10.5. The number of rotatable bonds is 4. The van der Waals surface area contributed by atoms with Crippen molar-refractivity contribution < 1.29 is 27.3 Å². The lowest BCUT2D eigenvalue weighted by Gasteiger charge is -2.22. The van der Waals surface area contributed by atoms with Gasteiger partial charge in [0.25, 0.3) is 10.1 Å². The van der Waals surface area contributed by atoms with Gasteiger partial charge in [0, 0.05) is 6.07 Å². The molecule has 0 aliphatic carbocycles. The van der Waals surface area contributed by atoms with Crippen molar-refractivity contribution in [3.63, 3.8) is 0 Å². The van der Waals surface area contributed by atoms with E-state index in [1.807, 2.05) is 0 Å². The minimum Gasteiger partial charge on any atom is -0.494 e. The fourth-order valence-corrected chi connectivity index (χ4v) is 2.20. The highest BCUT2D eigenvalue weighted by Gasteiger charge is 2.26. The average Bonchev–Trinajstić information content (AvgIpc) is 2.42. The van der Waals surface area contributed by atoms with E-state index < -0.39 is 32.8 Å². The lowest BCUT2D eigenvalue weighted by molar-refractivity contribution is 0.253. The Morgan fingerprint density at radius 1 is 1.09 bits per heavy atom. The van der Waals surface area contributed by atoms with Crippen molar-refractivity contribution in [2.45, 2.75) is 4.90 Å². The monoisotopic (exact) mass is 334 g/mol. The zero-order chi connectivity index (χ0) is 17.2. The number of carbonyl (C=O) groups is 2. The molecule has 0 saturated heterocycles. The zero-order valence-electron chi connectivity index (χ0n) is 11.3. The van der Waals surface area contributed by atoms with Gasteiger partial charge in [0.1, 0.15) is 16.3 Å². The summed E-state index contributed by atoms with van der Waals surface area (Å²) in [6.45, 7) is 0. The number of ether oxygens (including phenoxy) is 1. The van der Waals surface area contributed by atoms with Gasteiger partial charge in [0.15, 0.2) is 0 Å². The third-order valence-electron chi connectivity index (χ3n) is 2.53. The van der Waals surface area contributed by atoms with Crippen LogP contribution in [0.3, 0.4) is 0 Å². The van der Waals surface area contributed by atoms with E-state index in [1.54, 1.807) is 0 Å². The summed E-state index contributed by atoms with van der Waals surface area (Å²) in [5, 5.41) is 0.659. The van der Waals surface area contributed by atoms with Gasteiger partial charge in [-0.05, 0) is 6.07 Å². The molecule has 0 aromatic heterocycles. The zero-order valence-corrected chi connectivity index (χ0v) is 12.1. The molecule has 4 amide bonds. The standard InChI is InChI=1S/C9H14N6O6S/c1-21-6-3-7(22(18,19)20)5(15(13)9(11)17)2-4(6)14(12)8(10)16/h2-3H,12-13H2,1H3,(H2,10,16)(H2,11,17)(H,18,19,20). The van der Waals surface area contributed by atoms with Crippen molar-refractivity contribution in [2.24, 2.45) is 23.2 Å². The third-order valence-corrected chi connectivity index (χ3v) is 3.42. The molecule has 1 rings (SSSR count). The van der Waals surface area contributed by atoms with E-state index in [2.05, 4.69) is 0 Å². The highest BCUT2D eigenvalue weighted by atomic mass is 32.2. The summed E-state index contributed by atoms with van der Waals surface area (Å²) in [7, 11) is -3.64. The Morgan fingerprint density at radius 2 is 1.55 bits per heavy atom. The van der Waals surface area contributed by atoms with Crippen LogP contribution in [-0.2, 0) is 10.1 Å². The van der Waals surface area contributed by atoms with E-state index in [4.69, 9.17) is 27.9 Å². The van der Waals surface area contributed by atoms with Gasteiger partial charge in [0.2, 0.25) is 0 Å². The Hall–Kier alpha value is -2.61. The van der Waals surface area contributed by atoms with E-state index in [9.17, 15) is 22.6 Å². The molecule has 0 heterocycles. The average molecular weight is 334 g/mol. The minimum absolute atomic E-state index is 0.214. The minimum atomic E-state index is -4.79. The highest BCUT2D eigenvalue weighted by Crippen LogP contribution is 2.36. The van der Waals surface area contributed by atoms with Crippen LogP contribution in [0.15, 0.2) is 17.0 Å². The maximum absolute atomic E-state index is 11.4. The summed E-state index contributed by atoms with van der Waals surface area (Å²) in [6, 6.07) is -0.654. The first kappa shape index (κ1) is 17.4. The number of hydrogen-bond acceptors (Lipinski definition) is 7. The topological polar surface area (TPSA) is 208 Å². The molecule has 0 aliphatic heterocycles. The molecular weight excluding hydrogens is 320 g/mol. The van der Waals surface area contributed by atoms with Gasteiger partial charge in [-0.3, -0.25) is 4.55 Å². The van der Waals surface area contributed by atoms with Crippen molar-refractivity contribution in [1.82, 2.24) is 0 Å². The third kappa shape index (κ3) is 3.34. The van der Waals surface area contributed by atoms with Crippen LogP contribution in [-0.4, -0.2) is 32.1 Å². The van der Waals surface area contributed by atoms with Crippen LogP contribution in [0.25, 0.3) is 0 Å². The number of nitrogens with zero attached hydrogens (tertiary/aromatic N) is 2. The Bertz CT molecular complexity index is 720. The number of benzene rings is 1. The molecule has 0 spiro atoms. The molecule has 9 N–H and O–H groups in total. The van der Waals surface area contributed by atoms with Crippen molar-refractivity contribution >= 4 is 33.6 Å². The predicted octanol–water partition coefficient (Wildman–Crippen LogP) is -1.54. The van der Waals surface area contributed by atoms with Crippen LogP contribution in [0.4, 0.5) is 21.0 Å². The predicted molar refractivity (Wildman–Crippen MR) is 75.3 cm³/mol. The lowest BCUT2D eigenvalue weighted by Crippen LogP contribution is -2.44. The Morgan fingerprint density at radius 3 is 1.91 bits per heavy atom. The SMILES string of the molecule is COc1cc(S(=O)(=O)O)c(N(N)C(N)=O)cc1N(N)C(N)=O. The van der Waals surface area contributed by atoms with Crippen LogP contribution in [0.2, 0.25) is 0 Å². The van der Waals surface area contributed by atoms with Crippen molar-refractivity contribution in [1.29, 1.82) is 0 Å². The molecule has 0 atom stereocenters. The maximum atomic E-state index is 11.4. The van der Waals surface area contributed by atoms with E-state index in [-0.39, 0.29) is 16.4 Å². The first-order chi connectivity index (χ1) is 10.0. The van der Waals surface area contributed by atoms with Gasteiger partial charge in [-0.15, -0.1) is 0 Å². The van der Waals surface area contributed by atoms with Crippen LogP contribution in [0.1, 0.15) is 0 Å². The maximum Gasteiger partial charge on any atom is 0.333 e. The molecule has 22 heavy (non-hydrogen) atoms. The summed E-state index contributed by atoms with van der Waals surface area (Å²) < 4.78 is 36.9. The molecule has 0 radical (unpaired) electrons. The quantitative estimate of drug-likeness (QED) is 0.188. The fourth-order valence-electron chi connectivity index (χ4n) is 1.52. The molecule has 1 aromatic carbocycles. The van der Waals surface area contributed by atoms with Crippen LogP contribution in [0, 0.1) is 0 Å². The molecule has 12 nitrogen and oxygen atoms in total.